The van der Waals surface area contributed by atoms with Gasteiger partial charge in [-0.1, -0.05) is 153 Å². The molecule has 0 saturated carbocycles. The molecule has 55 heavy (non-hydrogen) atoms. The Bertz CT molecular complexity index is 2380. The summed E-state index contributed by atoms with van der Waals surface area (Å²) in [7, 11) is 0. The molecule has 274 valence electrons. The van der Waals surface area contributed by atoms with E-state index in [9.17, 15) is 14.7 Å². The molecule has 0 bridgehead atoms. The first-order valence-electron chi connectivity index (χ1n) is 18.7. The van der Waals surface area contributed by atoms with Gasteiger partial charge in [0.15, 0.2) is 5.82 Å². The van der Waals surface area contributed by atoms with E-state index >= 15 is 0 Å². The van der Waals surface area contributed by atoms with Crippen molar-refractivity contribution in [1.82, 2.24) is 34.7 Å². The van der Waals surface area contributed by atoms with E-state index in [2.05, 4.69) is 72.8 Å². The Hall–Kier alpha value is -6.68. The lowest BCUT2D eigenvalue weighted by Gasteiger charge is -2.36. The molecule has 0 aliphatic carbocycles. The van der Waals surface area contributed by atoms with Crippen molar-refractivity contribution in [3.8, 4) is 22.5 Å². The number of aromatic nitrogens is 6. The zero-order chi connectivity index (χ0) is 37.8. The third kappa shape index (κ3) is 6.60. The number of amides is 1. The van der Waals surface area contributed by atoms with Crippen LogP contribution in [0.2, 0.25) is 0 Å². The van der Waals surface area contributed by atoms with Gasteiger partial charge in [-0.05, 0) is 50.2 Å². The number of nitrogens with zero attached hydrogens (tertiary/aromatic N) is 7. The number of aryl methyl sites for hydroxylation is 1. The molecule has 1 N–H and O–H groups in total. The summed E-state index contributed by atoms with van der Waals surface area (Å²) in [4.78, 5) is 31.9. The van der Waals surface area contributed by atoms with Crippen LogP contribution in [-0.2, 0) is 31.5 Å². The van der Waals surface area contributed by atoms with Gasteiger partial charge < -0.3 is 10.0 Å². The van der Waals surface area contributed by atoms with E-state index in [1.807, 2.05) is 83.5 Å². The van der Waals surface area contributed by atoms with Crippen LogP contribution < -0.4 is 5.56 Å². The number of unbranched alkanes of at least 4 members (excludes halogenated alkanes) is 1. The van der Waals surface area contributed by atoms with E-state index in [0.29, 0.717) is 37.3 Å². The average Bonchev–Trinajstić information content (AvgIpc) is 3.73. The van der Waals surface area contributed by atoms with Crippen LogP contribution >= 0.6 is 0 Å². The van der Waals surface area contributed by atoms with Crippen LogP contribution in [-0.4, -0.2) is 52.4 Å². The Morgan fingerprint density at radius 1 is 0.764 bits per heavy atom. The molecule has 0 unspecified atom stereocenters. The second-order valence-corrected chi connectivity index (χ2v) is 13.9. The van der Waals surface area contributed by atoms with E-state index in [1.165, 1.54) is 4.90 Å². The third-order valence-electron chi connectivity index (χ3n) is 10.6. The summed E-state index contributed by atoms with van der Waals surface area (Å²) in [5.74, 6) is 1.35. The zero-order valence-corrected chi connectivity index (χ0v) is 30.6. The van der Waals surface area contributed by atoms with Crippen molar-refractivity contribution in [3.63, 3.8) is 0 Å². The van der Waals surface area contributed by atoms with Gasteiger partial charge in [-0.2, -0.15) is 0 Å². The number of carboxylic acid groups (broad SMARTS) is 1. The topological polar surface area (TPSA) is 119 Å². The molecule has 1 amide bonds. The molecule has 3 heterocycles. The molecule has 5 aromatic carbocycles. The van der Waals surface area contributed by atoms with Crippen LogP contribution in [0.25, 0.3) is 22.5 Å². The van der Waals surface area contributed by atoms with Gasteiger partial charge in [0.25, 0.3) is 5.56 Å². The van der Waals surface area contributed by atoms with Gasteiger partial charge in [-0.25, -0.2) is 14.5 Å². The number of benzene rings is 5. The Kier molecular flexibility index (Phi) is 9.87. The van der Waals surface area contributed by atoms with Gasteiger partial charge in [-0.15, -0.1) is 5.10 Å². The molecular formula is C45H41N7O3. The van der Waals surface area contributed by atoms with E-state index in [-0.39, 0.29) is 12.1 Å². The minimum absolute atomic E-state index is 0.0554. The van der Waals surface area contributed by atoms with Crippen molar-refractivity contribution >= 4 is 6.09 Å². The average molecular weight is 728 g/mol. The van der Waals surface area contributed by atoms with E-state index in [1.54, 1.807) is 4.57 Å². The Labute approximate surface area is 319 Å². The van der Waals surface area contributed by atoms with Crippen LogP contribution in [0.5, 0.6) is 0 Å². The quantitative estimate of drug-likeness (QED) is 0.135. The summed E-state index contributed by atoms with van der Waals surface area (Å²) in [6.45, 7) is 2.84. The standard InChI is InChI=1S/C45H41N7O3/c1-2-3-23-41-46-40-28-29-50(44(54)55)31-39(40)43(53)51(41)30-32-24-26-33(27-25-32)37-21-13-14-22-38(37)42-47-48-49-52(42)45(34-15-7-4-8-16-34,35-17-9-5-10-18-35)36-19-11-6-12-20-36/h4-22,24-27H,2-3,23,28-31H2,1H3,(H,54,55). The van der Waals surface area contributed by atoms with E-state index in [4.69, 9.17) is 15.3 Å². The largest absolute Gasteiger partial charge is 0.465 e. The van der Waals surface area contributed by atoms with Crippen molar-refractivity contribution in [1.29, 1.82) is 0 Å². The maximum Gasteiger partial charge on any atom is 0.407 e. The highest BCUT2D eigenvalue weighted by Gasteiger charge is 2.42. The van der Waals surface area contributed by atoms with Gasteiger partial charge in [0.05, 0.1) is 24.3 Å². The number of hydrogen-bond acceptors (Lipinski definition) is 6. The number of fused-ring (bicyclic) bond motifs is 1. The van der Waals surface area contributed by atoms with Crippen LogP contribution in [0.3, 0.4) is 0 Å². The minimum Gasteiger partial charge on any atom is -0.465 e. The Morgan fingerprint density at radius 3 is 1.93 bits per heavy atom. The lowest BCUT2D eigenvalue weighted by atomic mass is 9.77. The molecule has 7 aromatic rings. The summed E-state index contributed by atoms with van der Waals surface area (Å²) >= 11 is 0. The summed E-state index contributed by atoms with van der Waals surface area (Å²) < 4.78 is 3.67. The fourth-order valence-corrected chi connectivity index (χ4v) is 7.80. The SMILES string of the molecule is CCCCc1nc2c(c(=O)n1Cc1ccc(-c3ccccc3-c3nnnn3C(c3ccccc3)(c3ccccc3)c3ccccc3)cc1)CN(C(=O)O)CC2. The predicted octanol–water partition coefficient (Wildman–Crippen LogP) is 7.83. The van der Waals surface area contributed by atoms with Crippen molar-refractivity contribution in [3.05, 3.63) is 189 Å². The van der Waals surface area contributed by atoms with E-state index < -0.39 is 11.6 Å². The highest BCUT2D eigenvalue weighted by atomic mass is 16.4. The maximum atomic E-state index is 13.9. The van der Waals surface area contributed by atoms with Crippen molar-refractivity contribution in [2.24, 2.45) is 0 Å². The number of rotatable bonds is 11. The second-order valence-electron chi connectivity index (χ2n) is 13.9. The fraction of sp³-hybridized carbons (Fsp3) is 0.200. The number of hydrogen-bond donors (Lipinski definition) is 1. The number of carbonyl (C=O) groups is 1. The molecule has 8 rings (SSSR count). The highest BCUT2D eigenvalue weighted by Crippen LogP contribution is 2.43. The van der Waals surface area contributed by atoms with Crippen molar-refractivity contribution in [2.45, 2.75) is 51.2 Å². The molecule has 1 aliphatic rings. The fourth-order valence-electron chi connectivity index (χ4n) is 7.80. The highest BCUT2D eigenvalue weighted by molar-refractivity contribution is 5.81. The van der Waals surface area contributed by atoms with Crippen LogP contribution in [0, 0.1) is 0 Å². The first-order valence-corrected chi connectivity index (χ1v) is 18.7. The minimum atomic E-state index is -1.03. The van der Waals surface area contributed by atoms with Crippen LogP contribution in [0.15, 0.2) is 144 Å². The molecule has 0 fully saturated rings. The first-order chi connectivity index (χ1) is 27.0. The van der Waals surface area contributed by atoms with Gasteiger partial charge in [0.1, 0.15) is 11.4 Å². The van der Waals surface area contributed by atoms with Crippen LogP contribution in [0.4, 0.5) is 4.79 Å². The Balaban J connectivity index is 1.20. The number of tetrazole rings is 1. The van der Waals surface area contributed by atoms with Crippen molar-refractivity contribution in [2.75, 3.05) is 6.54 Å². The van der Waals surface area contributed by atoms with Crippen molar-refractivity contribution < 1.29 is 9.90 Å². The molecule has 10 heteroatoms. The molecule has 0 radical (unpaired) electrons. The summed E-state index contributed by atoms with van der Waals surface area (Å²) in [5, 5.41) is 23.4. The molecule has 10 nitrogen and oxygen atoms in total. The molecule has 0 atom stereocenters. The monoisotopic (exact) mass is 727 g/mol. The summed E-state index contributed by atoms with van der Waals surface area (Å²) in [6, 6.07) is 47.4. The molecule has 2 aromatic heterocycles. The normalized spacial score (nSPS) is 12.7. The molecule has 1 aliphatic heterocycles. The second kappa shape index (κ2) is 15.4. The molecular weight excluding hydrogens is 687 g/mol. The smallest absolute Gasteiger partial charge is 0.407 e. The maximum absolute atomic E-state index is 13.9. The van der Waals surface area contributed by atoms with E-state index in [0.717, 1.165) is 63.3 Å². The lowest BCUT2D eigenvalue weighted by Crippen LogP contribution is -2.41. The van der Waals surface area contributed by atoms with Gasteiger partial charge in [0, 0.05) is 24.9 Å². The molecule has 0 saturated heterocycles. The van der Waals surface area contributed by atoms with Gasteiger partial charge in [0.2, 0.25) is 0 Å². The lowest BCUT2D eigenvalue weighted by molar-refractivity contribution is 0.139. The Morgan fingerprint density at radius 2 is 1.35 bits per heavy atom. The van der Waals surface area contributed by atoms with Gasteiger partial charge >= 0.3 is 6.09 Å². The third-order valence-corrected chi connectivity index (χ3v) is 10.6. The first kappa shape index (κ1) is 35.4. The predicted molar refractivity (Wildman–Crippen MR) is 212 cm³/mol. The zero-order valence-electron chi connectivity index (χ0n) is 30.6. The summed E-state index contributed by atoms with van der Waals surface area (Å²) in [5.41, 5.74) is 6.91. The van der Waals surface area contributed by atoms with Crippen LogP contribution in [0.1, 0.15) is 59.1 Å². The molecule has 0 spiro atoms. The van der Waals surface area contributed by atoms with Gasteiger partial charge in [-0.3, -0.25) is 9.36 Å². The summed E-state index contributed by atoms with van der Waals surface area (Å²) in [6.07, 6.45) is 1.97.